The van der Waals surface area contributed by atoms with Crippen LogP contribution in [0.2, 0.25) is 0 Å². The number of ether oxygens (including phenoxy) is 1. The van der Waals surface area contributed by atoms with Crippen LogP contribution in [0.5, 0.6) is 0 Å². The number of carbonyl (C=O) groups excluding carboxylic acids is 2. The summed E-state index contributed by atoms with van der Waals surface area (Å²) in [6, 6.07) is -0.892. The lowest BCUT2D eigenvalue weighted by molar-refractivity contribution is -0.870. The fourth-order valence-corrected chi connectivity index (χ4v) is 9.31. The summed E-state index contributed by atoms with van der Waals surface area (Å²) < 4.78 is 30.2. The highest BCUT2D eigenvalue weighted by Crippen LogP contribution is 2.38. The van der Waals surface area contributed by atoms with E-state index in [-0.39, 0.29) is 24.9 Å². The lowest BCUT2D eigenvalue weighted by Gasteiger charge is -2.30. The van der Waals surface area contributed by atoms with E-state index in [2.05, 4.69) is 62.5 Å². The molecule has 0 aromatic carbocycles. The van der Waals surface area contributed by atoms with Crippen LogP contribution in [0.15, 0.2) is 48.6 Å². The molecule has 0 aliphatic rings. The Labute approximate surface area is 439 Å². The first kappa shape index (κ1) is 69.0. The smallest absolute Gasteiger partial charge is 0.306 e. The minimum atomic E-state index is -4.70. The molecular weight excluding hydrogens is 904 g/mol. The van der Waals surface area contributed by atoms with E-state index in [0.717, 1.165) is 89.9 Å². The van der Waals surface area contributed by atoms with E-state index < -0.39 is 26.6 Å². The molecule has 0 saturated heterocycles. The summed E-state index contributed by atoms with van der Waals surface area (Å²) in [5.74, 6) is -0.548. The van der Waals surface area contributed by atoms with Crippen molar-refractivity contribution in [1.82, 2.24) is 5.32 Å². The number of nitrogens with one attached hydrogen (secondary N) is 1. The summed E-state index contributed by atoms with van der Waals surface area (Å²) >= 11 is 0. The number of quaternary nitrogens is 1. The molecule has 0 heterocycles. The van der Waals surface area contributed by atoms with E-state index in [4.69, 9.17) is 13.8 Å². The zero-order valence-corrected chi connectivity index (χ0v) is 48.3. The molecule has 3 atom stereocenters. The standard InChI is InChI=1S/C61H115N2O7P/c1-7-10-13-16-19-22-25-27-29-30-31-32-34-35-38-41-44-47-50-53-60(64)62-58(57-69-71(66,67)68-56-55-63(4,5)6)59(52-49-46-43-40-37-24-21-18-15-12-9-3)70-61(65)54-51-48-45-42-39-36-33-28-26-23-20-17-14-11-8-2/h19,22,27,29,31-32,49,52,58-59H,7-18,20-21,23-26,28,30,33-48,50-51,53-57H2,1-6H3,(H-,62,64,66,67)/b22-19-,29-27-,32-31-,52-49+. The van der Waals surface area contributed by atoms with Crippen molar-refractivity contribution in [2.45, 2.75) is 290 Å². The maximum atomic E-state index is 13.5. The molecule has 1 amide bonds. The molecule has 0 aliphatic heterocycles. The number of phosphoric acid groups is 1. The van der Waals surface area contributed by atoms with Crippen molar-refractivity contribution in [2.24, 2.45) is 0 Å². The molecule has 10 heteroatoms. The molecule has 3 unspecified atom stereocenters. The van der Waals surface area contributed by atoms with Crippen LogP contribution in [0.25, 0.3) is 0 Å². The fourth-order valence-electron chi connectivity index (χ4n) is 8.59. The average molecular weight is 1020 g/mol. The summed E-state index contributed by atoms with van der Waals surface area (Å²) in [4.78, 5) is 39.9. The number of rotatable bonds is 54. The first-order valence-corrected chi connectivity index (χ1v) is 31.4. The molecule has 0 fully saturated rings. The number of nitrogens with zero attached hydrogens (tertiary/aromatic N) is 1. The van der Waals surface area contributed by atoms with Crippen LogP contribution in [-0.2, 0) is 27.9 Å². The summed E-state index contributed by atoms with van der Waals surface area (Å²) in [6.07, 6.45) is 62.1. The molecule has 0 aromatic rings. The Morgan fingerprint density at radius 1 is 0.493 bits per heavy atom. The van der Waals surface area contributed by atoms with Crippen LogP contribution in [-0.4, -0.2) is 69.4 Å². The van der Waals surface area contributed by atoms with Gasteiger partial charge in [-0.15, -0.1) is 0 Å². The fraction of sp³-hybridized carbons (Fsp3) is 0.836. The van der Waals surface area contributed by atoms with Crippen LogP contribution in [0.3, 0.4) is 0 Å². The minimum Gasteiger partial charge on any atom is -0.756 e. The van der Waals surface area contributed by atoms with Gasteiger partial charge in [-0.25, -0.2) is 0 Å². The monoisotopic (exact) mass is 1020 g/mol. The Kier molecular flexibility index (Phi) is 50.0. The van der Waals surface area contributed by atoms with E-state index in [1.165, 1.54) is 154 Å². The summed E-state index contributed by atoms with van der Waals surface area (Å²) in [5.41, 5.74) is 0. The summed E-state index contributed by atoms with van der Waals surface area (Å²) in [5, 5.41) is 3.02. The average Bonchev–Trinajstić information content (AvgIpc) is 3.33. The van der Waals surface area contributed by atoms with Gasteiger partial charge in [0.1, 0.15) is 19.3 Å². The van der Waals surface area contributed by atoms with Gasteiger partial charge in [-0.05, 0) is 70.3 Å². The summed E-state index contributed by atoms with van der Waals surface area (Å²) in [6.45, 7) is 6.81. The van der Waals surface area contributed by atoms with Gasteiger partial charge in [0.15, 0.2) is 0 Å². The van der Waals surface area contributed by atoms with E-state index in [1.54, 1.807) is 0 Å². The van der Waals surface area contributed by atoms with Gasteiger partial charge >= 0.3 is 5.97 Å². The van der Waals surface area contributed by atoms with Crippen LogP contribution >= 0.6 is 7.82 Å². The van der Waals surface area contributed by atoms with Crippen LogP contribution < -0.4 is 10.2 Å². The maximum absolute atomic E-state index is 13.5. The number of amides is 1. The topological polar surface area (TPSA) is 114 Å². The SMILES string of the molecule is CCCCC/C=C\C/C=C\C/C=C\CCCCCCCCC(=O)NC(COP(=O)([O-])OCC[N+](C)(C)C)C(/C=C/CCCCCCCCCCC)OC(=O)CCCCCCCCCCCCCCCCC. The first-order chi connectivity index (χ1) is 34.4. The number of allylic oxidation sites excluding steroid dienone is 7. The predicted molar refractivity (Wildman–Crippen MR) is 302 cm³/mol. The van der Waals surface area contributed by atoms with Crippen molar-refractivity contribution in [3.05, 3.63) is 48.6 Å². The van der Waals surface area contributed by atoms with Gasteiger partial charge in [0.05, 0.1) is 33.8 Å². The van der Waals surface area contributed by atoms with E-state index in [9.17, 15) is 19.0 Å². The van der Waals surface area contributed by atoms with Gasteiger partial charge in [0.25, 0.3) is 7.82 Å². The van der Waals surface area contributed by atoms with Crippen molar-refractivity contribution < 1.29 is 37.3 Å². The molecule has 0 aliphatic carbocycles. The number of carbonyl (C=O) groups is 2. The minimum absolute atomic E-state index is 0.0243. The molecule has 71 heavy (non-hydrogen) atoms. The van der Waals surface area contributed by atoms with E-state index in [0.29, 0.717) is 17.4 Å². The van der Waals surface area contributed by atoms with Gasteiger partial charge in [0.2, 0.25) is 5.91 Å². The number of unbranched alkanes of at least 4 members (excludes halogenated alkanes) is 32. The predicted octanol–water partition coefficient (Wildman–Crippen LogP) is 17.5. The molecule has 0 aromatic heterocycles. The Morgan fingerprint density at radius 3 is 1.31 bits per heavy atom. The highest BCUT2D eigenvalue weighted by Gasteiger charge is 2.27. The van der Waals surface area contributed by atoms with Crippen LogP contribution in [0.4, 0.5) is 0 Å². The molecule has 0 radical (unpaired) electrons. The normalized spacial score (nSPS) is 14.1. The van der Waals surface area contributed by atoms with E-state index in [1.807, 2.05) is 33.3 Å². The number of hydrogen-bond acceptors (Lipinski definition) is 7. The lowest BCUT2D eigenvalue weighted by Crippen LogP contribution is -2.47. The second-order valence-electron chi connectivity index (χ2n) is 21.5. The van der Waals surface area contributed by atoms with Gasteiger partial charge in [-0.3, -0.25) is 14.2 Å². The molecule has 9 nitrogen and oxygen atoms in total. The molecule has 1 N–H and O–H groups in total. The van der Waals surface area contributed by atoms with Crippen molar-refractivity contribution in [1.29, 1.82) is 0 Å². The molecule has 416 valence electrons. The largest absolute Gasteiger partial charge is 0.756 e. The Morgan fingerprint density at radius 2 is 0.859 bits per heavy atom. The van der Waals surface area contributed by atoms with Crippen molar-refractivity contribution in [3.63, 3.8) is 0 Å². The number of phosphoric ester groups is 1. The van der Waals surface area contributed by atoms with Gasteiger partial charge < -0.3 is 28.5 Å². The quantitative estimate of drug-likeness (QED) is 0.0212. The molecule has 0 rings (SSSR count). The third kappa shape index (κ3) is 52.6. The summed E-state index contributed by atoms with van der Waals surface area (Å²) in [7, 11) is 1.18. The van der Waals surface area contributed by atoms with Crippen molar-refractivity contribution in [3.8, 4) is 0 Å². The maximum Gasteiger partial charge on any atom is 0.306 e. The second-order valence-corrected chi connectivity index (χ2v) is 22.9. The molecule has 0 spiro atoms. The van der Waals surface area contributed by atoms with E-state index >= 15 is 0 Å². The van der Waals surface area contributed by atoms with Crippen LogP contribution in [0.1, 0.15) is 278 Å². The lowest BCUT2D eigenvalue weighted by atomic mass is 10.0. The van der Waals surface area contributed by atoms with Gasteiger partial charge in [-0.1, -0.05) is 243 Å². The first-order valence-electron chi connectivity index (χ1n) is 29.9. The zero-order valence-electron chi connectivity index (χ0n) is 47.4. The molecule has 0 saturated carbocycles. The van der Waals surface area contributed by atoms with Crippen molar-refractivity contribution in [2.75, 3.05) is 40.9 Å². The van der Waals surface area contributed by atoms with Gasteiger partial charge in [-0.2, -0.15) is 0 Å². The Hall–Kier alpha value is -2.03. The van der Waals surface area contributed by atoms with Gasteiger partial charge in [0, 0.05) is 12.8 Å². The highest BCUT2D eigenvalue weighted by molar-refractivity contribution is 7.45. The number of hydrogen-bond donors (Lipinski definition) is 1. The molecular formula is C61H115N2O7P. The zero-order chi connectivity index (χ0) is 52.2. The third-order valence-corrected chi connectivity index (χ3v) is 14.2. The second kappa shape index (κ2) is 51.5. The molecule has 0 bridgehead atoms. The number of esters is 1. The Balaban J connectivity index is 5.27. The number of likely N-dealkylation sites (N-methyl/N-ethyl adjacent to an activating group) is 1. The Bertz CT molecular complexity index is 1360. The highest BCUT2D eigenvalue weighted by atomic mass is 31.2. The van der Waals surface area contributed by atoms with Crippen LogP contribution in [0, 0.1) is 0 Å². The van der Waals surface area contributed by atoms with Crippen molar-refractivity contribution >= 4 is 19.7 Å². The third-order valence-electron chi connectivity index (χ3n) is 13.3.